The van der Waals surface area contributed by atoms with Crippen molar-refractivity contribution in [2.75, 3.05) is 0 Å². The number of benzene rings is 1. The molecule has 0 aliphatic heterocycles. The summed E-state index contributed by atoms with van der Waals surface area (Å²) in [6.07, 6.45) is 1.57. The molecule has 0 aliphatic carbocycles. The van der Waals surface area contributed by atoms with Crippen molar-refractivity contribution < 1.29 is 5.11 Å². The molecule has 12 heavy (non-hydrogen) atoms. The Kier molecular flexibility index (Phi) is 3.76. The third kappa shape index (κ3) is 3.37. The zero-order valence-electron chi connectivity index (χ0n) is 7.13. The molecule has 1 nitrogen and oxygen atoms in total. The van der Waals surface area contributed by atoms with E-state index < -0.39 is 0 Å². The molecular weight excluding hydrogens is 216 g/mol. The minimum absolute atomic E-state index is 0.205. The van der Waals surface area contributed by atoms with Gasteiger partial charge in [0.05, 0.1) is 6.10 Å². The third-order valence-electron chi connectivity index (χ3n) is 1.74. The van der Waals surface area contributed by atoms with Crippen molar-refractivity contribution in [1.82, 2.24) is 0 Å². The van der Waals surface area contributed by atoms with Crippen LogP contribution in [0.15, 0.2) is 28.7 Å². The minimum atomic E-state index is -0.205. The maximum Gasteiger partial charge on any atom is 0.0515 e. The smallest absolute Gasteiger partial charge is 0.0515 e. The standard InChI is InChI=1S/C10H13BrO/c1-8(12)5-6-9-3-2-4-10(11)7-9/h2-4,7-8,12H,5-6H2,1H3. The average molecular weight is 229 g/mol. The van der Waals surface area contributed by atoms with Crippen molar-refractivity contribution in [3.8, 4) is 0 Å². The molecule has 66 valence electrons. The molecule has 0 fully saturated rings. The van der Waals surface area contributed by atoms with Crippen LogP contribution in [0.4, 0.5) is 0 Å². The van der Waals surface area contributed by atoms with E-state index in [0.29, 0.717) is 0 Å². The summed E-state index contributed by atoms with van der Waals surface area (Å²) in [5.41, 5.74) is 1.27. The highest BCUT2D eigenvalue weighted by Crippen LogP contribution is 2.13. The van der Waals surface area contributed by atoms with E-state index in [0.717, 1.165) is 17.3 Å². The van der Waals surface area contributed by atoms with E-state index in [-0.39, 0.29) is 6.10 Å². The lowest BCUT2D eigenvalue weighted by molar-refractivity contribution is 0.185. The first-order chi connectivity index (χ1) is 5.68. The van der Waals surface area contributed by atoms with Crippen LogP contribution in [0.1, 0.15) is 18.9 Å². The molecule has 0 aromatic heterocycles. The molecule has 0 saturated heterocycles. The first-order valence-corrected chi connectivity index (χ1v) is 4.90. The largest absolute Gasteiger partial charge is 0.393 e. The molecule has 2 heteroatoms. The van der Waals surface area contributed by atoms with E-state index in [2.05, 4.69) is 28.1 Å². The zero-order chi connectivity index (χ0) is 8.97. The summed E-state index contributed by atoms with van der Waals surface area (Å²) in [5.74, 6) is 0. The molecule has 1 aromatic rings. The van der Waals surface area contributed by atoms with Crippen LogP contribution in [0.3, 0.4) is 0 Å². The lowest BCUT2D eigenvalue weighted by atomic mass is 10.1. The molecular formula is C10H13BrO. The summed E-state index contributed by atoms with van der Waals surface area (Å²) in [6.45, 7) is 1.82. The number of aliphatic hydroxyl groups is 1. The Balaban J connectivity index is 2.52. The zero-order valence-corrected chi connectivity index (χ0v) is 8.71. The summed E-state index contributed by atoms with van der Waals surface area (Å²) in [7, 11) is 0. The quantitative estimate of drug-likeness (QED) is 0.844. The van der Waals surface area contributed by atoms with Crippen LogP contribution in [0.2, 0.25) is 0 Å². The Morgan fingerprint density at radius 3 is 2.83 bits per heavy atom. The van der Waals surface area contributed by atoms with Crippen LogP contribution in [-0.4, -0.2) is 11.2 Å². The van der Waals surface area contributed by atoms with Crippen molar-refractivity contribution in [2.45, 2.75) is 25.9 Å². The molecule has 1 unspecified atom stereocenters. The Labute approximate surface area is 81.6 Å². The van der Waals surface area contributed by atoms with Gasteiger partial charge in [0, 0.05) is 4.47 Å². The number of aryl methyl sites for hydroxylation is 1. The highest BCUT2D eigenvalue weighted by Gasteiger charge is 1.97. The fraction of sp³-hybridized carbons (Fsp3) is 0.400. The van der Waals surface area contributed by atoms with Crippen LogP contribution in [0, 0.1) is 0 Å². The molecule has 0 spiro atoms. The maximum atomic E-state index is 9.07. The van der Waals surface area contributed by atoms with Gasteiger partial charge in [0.1, 0.15) is 0 Å². The Morgan fingerprint density at radius 1 is 1.50 bits per heavy atom. The van der Waals surface area contributed by atoms with Crippen LogP contribution in [-0.2, 0) is 6.42 Å². The molecule has 0 heterocycles. The molecule has 1 atom stereocenters. The van der Waals surface area contributed by atoms with Gasteiger partial charge in [-0.05, 0) is 37.5 Å². The second-order valence-corrected chi connectivity index (χ2v) is 3.93. The summed E-state index contributed by atoms with van der Waals surface area (Å²) < 4.78 is 1.10. The minimum Gasteiger partial charge on any atom is -0.393 e. The Bertz CT molecular complexity index is 245. The van der Waals surface area contributed by atoms with Gasteiger partial charge in [-0.25, -0.2) is 0 Å². The van der Waals surface area contributed by atoms with E-state index in [1.807, 2.05) is 19.1 Å². The Hall–Kier alpha value is -0.340. The number of aliphatic hydroxyl groups excluding tert-OH is 1. The van der Waals surface area contributed by atoms with Crippen LogP contribution in [0.25, 0.3) is 0 Å². The Morgan fingerprint density at radius 2 is 2.25 bits per heavy atom. The lowest BCUT2D eigenvalue weighted by Crippen LogP contribution is -2.01. The van der Waals surface area contributed by atoms with E-state index in [1.54, 1.807) is 0 Å². The second kappa shape index (κ2) is 4.63. The van der Waals surface area contributed by atoms with Crippen molar-refractivity contribution in [1.29, 1.82) is 0 Å². The first kappa shape index (κ1) is 9.75. The third-order valence-corrected chi connectivity index (χ3v) is 2.23. The molecule has 0 bridgehead atoms. The normalized spacial score (nSPS) is 12.9. The van der Waals surface area contributed by atoms with Crippen LogP contribution >= 0.6 is 15.9 Å². The van der Waals surface area contributed by atoms with Crippen LogP contribution in [0.5, 0.6) is 0 Å². The van der Waals surface area contributed by atoms with E-state index in [9.17, 15) is 0 Å². The molecule has 1 N–H and O–H groups in total. The van der Waals surface area contributed by atoms with Crippen molar-refractivity contribution in [3.63, 3.8) is 0 Å². The van der Waals surface area contributed by atoms with Gasteiger partial charge in [0.2, 0.25) is 0 Å². The highest BCUT2D eigenvalue weighted by atomic mass is 79.9. The van der Waals surface area contributed by atoms with E-state index in [4.69, 9.17) is 5.11 Å². The molecule has 0 saturated carbocycles. The topological polar surface area (TPSA) is 20.2 Å². The molecule has 0 aliphatic rings. The molecule has 1 rings (SSSR count). The highest BCUT2D eigenvalue weighted by molar-refractivity contribution is 9.10. The van der Waals surface area contributed by atoms with Crippen molar-refractivity contribution in [2.24, 2.45) is 0 Å². The number of hydrogen-bond donors (Lipinski definition) is 1. The van der Waals surface area contributed by atoms with Gasteiger partial charge >= 0.3 is 0 Å². The van der Waals surface area contributed by atoms with Gasteiger partial charge in [-0.3, -0.25) is 0 Å². The van der Waals surface area contributed by atoms with Gasteiger partial charge < -0.3 is 5.11 Å². The van der Waals surface area contributed by atoms with Gasteiger partial charge in [0.25, 0.3) is 0 Å². The summed E-state index contributed by atoms with van der Waals surface area (Å²) in [4.78, 5) is 0. The second-order valence-electron chi connectivity index (χ2n) is 3.02. The monoisotopic (exact) mass is 228 g/mol. The lowest BCUT2D eigenvalue weighted by Gasteiger charge is -2.03. The van der Waals surface area contributed by atoms with Gasteiger partial charge in [-0.1, -0.05) is 28.1 Å². The van der Waals surface area contributed by atoms with Crippen molar-refractivity contribution >= 4 is 15.9 Å². The molecule has 1 aromatic carbocycles. The summed E-state index contributed by atoms with van der Waals surface area (Å²) >= 11 is 3.41. The average Bonchev–Trinajstić information content (AvgIpc) is 2.01. The fourth-order valence-corrected chi connectivity index (χ4v) is 1.51. The first-order valence-electron chi connectivity index (χ1n) is 4.11. The number of halogens is 1. The van der Waals surface area contributed by atoms with E-state index >= 15 is 0 Å². The predicted octanol–water partition coefficient (Wildman–Crippen LogP) is 2.76. The predicted molar refractivity (Wildman–Crippen MR) is 54.1 cm³/mol. The SMILES string of the molecule is CC(O)CCc1cccc(Br)c1. The number of hydrogen-bond acceptors (Lipinski definition) is 1. The fourth-order valence-electron chi connectivity index (χ4n) is 1.07. The molecule has 0 amide bonds. The van der Waals surface area contributed by atoms with Gasteiger partial charge in [0.15, 0.2) is 0 Å². The summed E-state index contributed by atoms with van der Waals surface area (Å²) in [6, 6.07) is 8.18. The van der Waals surface area contributed by atoms with Gasteiger partial charge in [-0.15, -0.1) is 0 Å². The number of rotatable bonds is 3. The maximum absolute atomic E-state index is 9.07. The van der Waals surface area contributed by atoms with Gasteiger partial charge in [-0.2, -0.15) is 0 Å². The van der Waals surface area contributed by atoms with Crippen molar-refractivity contribution in [3.05, 3.63) is 34.3 Å². The molecule has 0 radical (unpaired) electrons. The van der Waals surface area contributed by atoms with Crippen LogP contribution < -0.4 is 0 Å². The summed E-state index contributed by atoms with van der Waals surface area (Å²) in [5, 5.41) is 9.07. The van der Waals surface area contributed by atoms with E-state index in [1.165, 1.54) is 5.56 Å².